The third-order valence-corrected chi connectivity index (χ3v) is 3.94. The number of halogens is 2. The van der Waals surface area contributed by atoms with Crippen LogP contribution in [0.5, 0.6) is 0 Å². The molecule has 3 aromatic rings. The lowest BCUT2D eigenvalue weighted by Crippen LogP contribution is -2.21. The van der Waals surface area contributed by atoms with Crippen LogP contribution in [0.2, 0.25) is 0 Å². The Morgan fingerprint density at radius 3 is 2.74 bits per heavy atom. The van der Waals surface area contributed by atoms with Crippen LogP contribution in [0.4, 0.5) is 0 Å². The molecular weight excluding hydrogens is 427 g/mol. The first-order chi connectivity index (χ1) is 9.04. The lowest BCUT2D eigenvalue weighted by molar-refractivity contribution is 1.07. The lowest BCUT2D eigenvalue weighted by Gasteiger charge is -2.00. The van der Waals surface area contributed by atoms with Crippen molar-refractivity contribution in [3.8, 4) is 11.4 Å². The van der Waals surface area contributed by atoms with Crippen molar-refractivity contribution >= 4 is 49.7 Å². The van der Waals surface area contributed by atoms with Crippen LogP contribution in [-0.4, -0.2) is 19.9 Å². The highest BCUT2D eigenvalue weighted by Crippen LogP contribution is 2.28. The molecule has 6 nitrogen and oxygen atoms in total. The highest BCUT2D eigenvalue weighted by molar-refractivity contribution is 14.1. The molecule has 3 N–H and O–H groups in total. The molecule has 0 fully saturated rings. The summed E-state index contributed by atoms with van der Waals surface area (Å²) in [4.78, 5) is 34.6. The molecule has 0 bridgehead atoms. The van der Waals surface area contributed by atoms with E-state index in [0.29, 0.717) is 5.82 Å². The van der Waals surface area contributed by atoms with Gasteiger partial charge in [0.15, 0.2) is 5.65 Å². The standard InChI is InChI=1S/C11H6BrIN4O2/c12-6-2-1-4(13)3-5(6)8-14-7-9(15-8)16-11(19)17-10(7)18/h1-3H,(H3,14,15,16,17,18,19). The number of nitrogens with one attached hydrogen (secondary N) is 3. The van der Waals surface area contributed by atoms with Gasteiger partial charge in [-0.05, 0) is 40.8 Å². The Morgan fingerprint density at radius 2 is 1.95 bits per heavy atom. The minimum Gasteiger partial charge on any atom is -0.332 e. The largest absolute Gasteiger partial charge is 0.332 e. The van der Waals surface area contributed by atoms with Crippen LogP contribution in [0.25, 0.3) is 22.6 Å². The number of imidazole rings is 1. The number of fused-ring (bicyclic) bond motifs is 1. The van der Waals surface area contributed by atoms with Crippen molar-refractivity contribution in [2.24, 2.45) is 0 Å². The first-order valence-electron chi connectivity index (χ1n) is 5.22. The molecule has 0 aliphatic rings. The van der Waals surface area contributed by atoms with Crippen LogP contribution in [0.3, 0.4) is 0 Å². The maximum Gasteiger partial charge on any atom is 0.327 e. The Bertz CT molecular complexity index is 896. The van der Waals surface area contributed by atoms with Crippen molar-refractivity contribution in [2.45, 2.75) is 0 Å². The Hall–Kier alpha value is -1.42. The first kappa shape index (κ1) is 12.6. The summed E-state index contributed by atoms with van der Waals surface area (Å²) in [7, 11) is 0. The molecule has 96 valence electrons. The van der Waals surface area contributed by atoms with E-state index >= 15 is 0 Å². The average molecular weight is 433 g/mol. The van der Waals surface area contributed by atoms with Crippen molar-refractivity contribution in [3.63, 3.8) is 0 Å². The van der Waals surface area contributed by atoms with E-state index in [-0.39, 0.29) is 11.2 Å². The number of aromatic amines is 3. The summed E-state index contributed by atoms with van der Waals surface area (Å²) in [5.74, 6) is 0.521. The fraction of sp³-hybridized carbons (Fsp3) is 0. The maximum atomic E-state index is 11.6. The van der Waals surface area contributed by atoms with E-state index in [0.717, 1.165) is 13.6 Å². The highest BCUT2D eigenvalue weighted by atomic mass is 127. The SMILES string of the molecule is O=c1[nH]c(=O)c2[nH]c(-c3cc(I)ccc3Br)nc2[nH]1. The number of hydrogen-bond acceptors (Lipinski definition) is 3. The van der Waals surface area contributed by atoms with Crippen LogP contribution < -0.4 is 11.2 Å². The molecule has 2 heterocycles. The minimum atomic E-state index is -0.572. The quantitative estimate of drug-likeness (QED) is 0.513. The second-order valence-corrected chi connectivity index (χ2v) is 5.94. The van der Waals surface area contributed by atoms with Gasteiger partial charge in [-0.15, -0.1) is 0 Å². The van der Waals surface area contributed by atoms with Gasteiger partial charge < -0.3 is 4.98 Å². The molecule has 0 atom stereocenters. The van der Waals surface area contributed by atoms with E-state index in [2.05, 4.69) is 58.5 Å². The fourth-order valence-corrected chi connectivity index (χ4v) is 2.66. The molecule has 8 heteroatoms. The van der Waals surface area contributed by atoms with Crippen LogP contribution in [0.15, 0.2) is 32.3 Å². The van der Waals surface area contributed by atoms with E-state index in [9.17, 15) is 9.59 Å². The summed E-state index contributed by atoms with van der Waals surface area (Å²) < 4.78 is 1.89. The first-order valence-corrected chi connectivity index (χ1v) is 7.09. The van der Waals surface area contributed by atoms with Crippen LogP contribution in [0, 0.1) is 3.57 Å². The molecule has 0 radical (unpaired) electrons. The molecule has 0 unspecified atom stereocenters. The van der Waals surface area contributed by atoms with Crippen molar-refractivity contribution in [3.05, 3.63) is 47.1 Å². The van der Waals surface area contributed by atoms with Gasteiger partial charge in [-0.1, -0.05) is 15.9 Å². The summed E-state index contributed by atoms with van der Waals surface area (Å²) in [6.07, 6.45) is 0. The predicted octanol–water partition coefficient (Wildman–Crippen LogP) is 1.97. The zero-order valence-corrected chi connectivity index (χ0v) is 13.0. The monoisotopic (exact) mass is 432 g/mol. The molecule has 0 amide bonds. The highest BCUT2D eigenvalue weighted by Gasteiger charge is 2.12. The van der Waals surface area contributed by atoms with Crippen LogP contribution >= 0.6 is 38.5 Å². The summed E-state index contributed by atoms with van der Waals surface area (Å²) in [6.45, 7) is 0. The fourth-order valence-electron chi connectivity index (χ4n) is 1.74. The summed E-state index contributed by atoms with van der Waals surface area (Å²) >= 11 is 5.63. The Morgan fingerprint density at radius 1 is 1.16 bits per heavy atom. The van der Waals surface area contributed by atoms with Crippen LogP contribution in [-0.2, 0) is 0 Å². The average Bonchev–Trinajstić information content (AvgIpc) is 2.76. The Kier molecular flexibility index (Phi) is 3.05. The number of benzene rings is 1. The summed E-state index contributed by atoms with van der Waals surface area (Å²) in [5, 5.41) is 0. The number of aromatic nitrogens is 4. The van der Waals surface area contributed by atoms with Crippen molar-refractivity contribution in [1.82, 2.24) is 19.9 Å². The van der Waals surface area contributed by atoms with Crippen molar-refractivity contribution in [2.75, 3.05) is 0 Å². The zero-order chi connectivity index (χ0) is 13.6. The number of nitrogens with zero attached hydrogens (tertiary/aromatic N) is 1. The van der Waals surface area contributed by atoms with Gasteiger partial charge in [0.25, 0.3) is 5.56 Å². The smallest absolute Gasteiger partial charge is 0.327 e. The molecule has 2 aromatic heterocycles. The molecule has 19 heavy (non-hydrogen) atoms. The maximum absolute atomic E-state index is 11.6. The van der Waals surface area contributed by atoms with Gasteiger partial charge in [-0.2, -0.15) is 0 Å². The van der Waals surface area contributed by atoms with Gasteiger partial charge >= 0.3 is 5.69 Å². The molecule has 0 saturated heterocycles. The van der Waals surface area contributed by atoms with Gasteiger partial charge in [-0.3, -0.25) is 14.8 Å². The van der Waals surface area contributed by atoms with Crippen molar-refractivity contribution in [1.29, 1.82) is 0 Å². The Labute approximate surface area is 127 Å². The molecule has 0 saturated carbocycles. The van der Waals surface area contributed by atoms with Gasteiger partial charge in [0.1, 0.15) is 11.3 Å². The van der Waals surface area contributed by atoms with E-state index in [4.69, 9.17) is 0 Å². The summed E-state index contributed by atoms with van der Waals surface area (Å²) in [6, 6.07) is 5.78. The molecule has 0 aliphatic heterocycles. The van der Waals surface area contributed by atoms with Gasteiger partial charge in [0.2, 0.25) is 0 Å². The second kappa shape index (κ2) is 4.60. The summed E-state index contributed by atoms with van der Waals surface area (Å²) in [5.41, 5.74) is 0.259. The van der Waals surface area contributed by atoms with E-state index < -0.39 is 11.2 Å². The van der Waals surface area contributed by atoms with Crippen LogP contribution in [0.1, 0.15) is 0 Å². The second-order valence-electron chi connectivity index (χ2n) is 3.84. The number of rotatable bonds is 1. The van der Waals surface area contributed by atoms with Crippen molar-refractivity contribution < 1.29 is 0 Å². The predicted molar refractivity (Wildman–Crippen MR) is 83.2 cm³/mol. The number of hydrogen-bond donors (Lipinski definition) is 3. The molecule has 3 rings (SSSR count). The van der Waals surface area contributed by atoms with E-state index in [1.807, 2.05) is 18.2 Å². The van der Waals surface area contributed by atoms with E-state index in [1.54, 1.807) is 0 Å². The Balaban J connectivity index is 2.32. The normalized spacial score (nSPS) is 11.1. The molecule has 0 aliphatic carbocycles. The molecule has 0 spiro atoms. The zero-order valence-electron chi connectivity index (χ0n) is 9.25. The van der Waals surface area contributed by atoms with Gasteiger partial charge in [-0.25, -0.2) is 9.78 Å². The lowest BCUT2D eigenvalue weighted by atomic mass is 10.2. The molecule has 1 aromatic carbocycles. The van der Waals surface area contributed by atoms with Gasteiger partial charge in [0, 0.05) is 13.6 Å². The third kappa shape index (κ3) is 2.25. The third-order valence-electron chi connectivity index (χ3n) is 2.57. The number of H-pyrrole nitrogens is 3. The molecular formula is C11H6BrIN4O2. The topological polar surface area (TPSA) is 94.4 Å². The van der Waals surface area contributed by atoms with Gasteiger partial charge in [0.05, 0.1) is 0 Å². The van der Waals surface area contributed by atoms with E-state index in [1.165, 1.54) is 0 Å². The minimum absolute atomic E-state index is 0.245.